The maximum absolute atomic E-state index is 12.0. The van der Waals surface area contributed by atoms with Crippen molar-refractivity contribution < 1.29 is 14.5 Å². The number of ether oxygens (including phenoxy) is 1. The lowest BCUT2D eigenvalue weighted by Gasteiger charge is -2.12. The summed E-state index contributed by atoms with van der Waals surface area (Å²) in [5.41, 5.74) is 6.18. The summed E-state index contributed by atoms with van der Waals surface area (Å²) in [7, 11) is 1.35. The van der Waals surface area contributed by atoms with Crippen LogP contribution in [-0.4, -0.2) is 17.9 Å². The number of nitro benzene ring substituents is 1. The molecule has 124 valence electrons. The van der Waals surface area contributed by atoms with E-state index < -0.39 is 4.92 Å². The Hall–Kier alpha value is -2.87. The van der Waals surface area contributed by atoms with E-state index in [2.05, 4.69) is 33.4 Å². The zero-order valence-corrected chi connectivity index (χ0v) is 14.3. The molecule has 0 saturated carbocycles. The normalized spacial score (nSPS) is 9.92. The summed E-state index contributed by atoms with van der Waals surface area (Å²) in [6.07, 6.45) is 0. The van der Waals surface area contributed by atoms with Crippen molar-refractivity contribution in [1.29, 1.82) is 0 Å². The standard InChI is InChI=1S/C16H14BrN3O4/c1-10(12-5-8-15(24-2)14(9-12)20(22)23)18-19-16(21)11-3-6-13(17)7-4-11/h3-9,18H,1H2,2H3,(H,19,21). The molecule has 0 saturated heterocycles. The van der Waals surface area contributed by atoms with Gasteiger partial charge in [0, 0.05) is 21.7 Å². The summed E-state index contributed by atoms with van der Waals surface area (Å²) < 4.78 is 5.80. The minimum atomic E-state index is -0.546. The molecule has 0 atom stereocenters. The monoisotopic (exact) mass is 391 g/mol. The van der Waals surface area contributed by atoms with Crippen LogP contribution in [0.15, 0.2) is 53.5 Å². The first-order valence-electron chi connectivity index (χ1n) is 6.76. The fourth-order valence-corrected chi connectivity index (χ4v) is 2.16. The molecule has 7 nitrogen and oxygen atoms in total. The van der Waals surface area contributed by atoms with Crippen LogP contribution in [0.4, 0.5) is 5.69 Å². The molecule has 2 aromatic carbocycles. The van der Waals surface area contributed by atoms with Crippen LogP contribution in [0.3, 0.4) is 0 Å². The van der Waals surface area contributed by atoms with Gasteiger partial charge < -0.3 is 4.74 Å². The molecule has 0 heterocycles. The largest absolute Gasteiger partial charge is 0.490 e. The van der Waals surface area contributed by atoms with Crippen molar-refractivity contribution in [2.45, 2.75) is 0 Å². The first-order valence-corrected chi connectivity index (χ1v) is 7.55. The fourth-order valence-electron chi connectivity index (χ4n) is 1.90. The number of hydrazine groups is 1. The average Bonchev–Trinajstić information content (AvgIpc) is 2.59. The molecule has 0 unspecified atom stereocenters. The van der Waals surface area contributed by atoms with E-state index in [0.29, 0.717) is 16.8 Å². The Kier molecular flexibility index (Phi) is 5.54. The number of rotatable bonds is 6. The first-order chi connectivity index (χ1) is 11.4. The maximum atomic E-state index is 12.0. The number of methoxy groups -OCH3 is 1. The molecule has 0 aliphatic carbocycles. The summed E-state index contributed by atoms with van der Waals surface area (Å²) in [5, 5.41) is 11.0. The van der Waals surface area contributed by atoms with Crippen molar-refractivity contribution >= 4 is 33.2 Å². The van der Waals surface area contributed by atoms with E-state index in [-0.39, 0.29) is 17.3 Å². The Morgan fingerprint density at radius 3 is 2.38 bits per heavy atom. The molecule has 24 heavy (non-hydrogen) atoms. The number of nitrogens with one attached hydrogen (secondary N) is 2. The van der Waals surface area contributed by atoms with Gasteiger partial charge in [-0.2, -0.15) is 0 Å². The zero-order chi connectivity index (χ0) is 17.7. The number of benzene rings is 2. The lowest BCUT2D eigenvalue weighted by Crippen LogP contribution is -2.35. The third kappa shape index (κ3) is 4.11. The van der Waals surface area contributed by atoms with Gasteiger partial charge in [-0.05, 0) is 36.4 Å². The van der Waals surface area contributed by atoms with Crippen LogP contribution in [0.1, 0.15) is 15.9 Å². The van der Waals surface area contributed by atoms with Crippen LogP contribution >= 0.6 is 15.9 Å². The SMILES string of the molecule is C=C(NNC(=O)c1ccc(Br)cc1)c1ccc(OC)c([N+](=O)[O-])c1. The maximum Gasteiger partial charge on any atom is 0.311 e. The Balaban J connectivity index is 2.07. The Bertz CT molecular complexity index is 790. The van der Waals surface area contributed by atoms with Gasteiger partial charge >= 0.3 is 5.69 Å². The highest BCUT2D eigenvalue weighted by molar-refractivity contribution is 9.10. The minimum absolute atomic E-state index is 0.149. The second kappa shape index (κ2) is 7.60. The highest BCUT2D eigenvalue weighted by atomic mass is 79.9. The van der Waals surface area contributed by atoms with E-state index >= 15 is 0 Å². The second-order valence-electron chi connectivity index (χ2n) is 4.71. The summed E-state index contributed by atoms with van der Waals surface area (Å²) in [5.74, 6) is -0.206. The number of nitrogens with zero attached hydrogens (tertiary/aromatic N) is 1. The quantitative estimate of drug-likeness (QED) is 0.582. The molecule has 1 amide bonds. The number of nitro groups is 1. The summed E-state index contributed by atoms with van der Waals surface area (Å²) in [6, 6.07) is 11.2. The summed E-state index contributed by atoms with van der Waals surface area (Å²) in [4.78, 5) is 22.5. The predicted octanol–water partition coefficient (Wildman–Crippen LogP) is 3.27. The number of hydrogen-bond donors (Lipinski definition) is 2. The number of halogens is 1. The molecule has 0 aliphatic rings. The molecule has 2 rings (SSSR count). The molecule has 2 N–H and O–H groups in total. The van der Waals surface area contributed by atoms with Crippen molar-refractivity contribution in [2.24, 2.45) is 0 Å². The van der Waals surface area contributed by atoms with Crippen LogP contribution in [0, 0.1) is 10.1 Å². The molecule has 8 heteroatoms. The molecule has 0 aromatic heterocycles. The Labute approximate surface area is 146 Å². The van der Waals surface area contributed by atoms with Gasteiger partial charge in [-0.3, -0.25) is 25.8 Å². The van der Waals surface area contributed by atoms with Crippen molar-refractivity contribution in [3.05, 3.63) is 74.8 Å². The zero-order valence-electron chi connectivity index (χ0n) is 12.7. The third-order valence-corrected chi connectivity index (χ3v) is 3.69. The highest BCUT2D eigenvalue weighted by Gasteiger charge is 2.16. The number of hydrogen-bond acceptors (Lipinski definition) is 5. The van der Waals surface area contributed by atoms with Crippen LogP contribution in [0.25, 0.3) is 5.70 Å². The van der Waals surface area contributed by atoms with Gasteiger partial charge in [-0.1, -0.05) is 22.5 Å². The van der Waals surface area contributed by atoms with Crippen molar-refractivity contribution in [2.75, 3.05) is 7.11 Å². The molecule has 0 aliphatic heterocycles. The fraction of sp³-hybridized carbons (Fsp3) is 0.0625. The smallest absolute Gasteiger partial charge is 0.311 e. The third-order valence-electron chi connectivity index (χ3n) is 3.16. The van der Waals surface area contributed by atoms with Gasteiger partial charge in [0.1, 0.15) is 0 Å². The molecular formula is C16H14BrN3O4. The highest BCUT2D eigenvalue weighted by Crippen LogP contribution is 2.29. The predicted molar refractivity (Wildman–Crippen MR) is 93.4 cm³/mol. The molecule has 0 radical (unpaired) electrons. The number of amides is 1. The minimum Gasteiger partial charge on any atom is -0.490 e. The van der Waals surface area contributed by atoms with Gasteiger partial charge in [0.15, 0.2) is 5.75 Å². The van der Waals surface area contributed by atoms with Gasteiger partial charge in [0.25, 0.3) is 5.91 Å². The second-order valence-corrected chi connectivity index (χ2v) is 5.62. The van der Waals surface area contributed by atoms with Crippen LogP contribution in [0.2, 0.25) is 0 Å². The van der Waals surface area contributed by atoms with Gasteiger partial charge in [-0.15, -0.1) is 0 Å². The van der Waals surface area contributed by atoms with E-state index in [1.807, 2.05) is 0 Å². The molecule has 0 spiro atoms. The van der Waals surface area contributed by atoms with E-state index in [9.17, 15) is 14.9 Å². The average molecular weight is 392 g/mol. The lowest BCUT2D eigenvalue weighted by molar-refractivity contribution is -0.385. The van der Waals surface area contributed by atoms with Gasteiger partial charge in [-0.25, -0.2) is 0 Å². The van der Waals surface area contributed by atoms with Gasteiger partial charge in [0.05, 0.1) is 17.7 Å². The summed E-state index contributed by atoms with van der Waals surface area (Å²) >= 11 is 3.29. The summed E-state index contributed by atoms with van der Waals surface area (Å²) in [6.45, 7) is 3.76. The first kappa shape index (κ1) is 17.5. The van der Waals surface area contributed by atoms with Crippen LogP contribution in [0.5, 0.6) is 5.75 Å². The van der Waals surface area contributed by atoms with Crippen molar-refractivity contribution in [1.82, 2.24) is 10.9 Å². The van der Waals surface area contributed by atoms with Crippen LogP contribution in [-0.2, 0) is 0 Å². The number of carbonyl (C=O) groups is 1. The Morgan fingerprint density at radius 2 is 1.79 bits per heavy atom. The lowest BCUT2D eigenvalue weighted by atomic mass is 10.1. The molecular weight excluding hydrogens is 378 g/mol. The number of carbonyl (C=O) groups excluding carboxylic acids is 1. The van der Waals surface area contributed by atoms with E-state index in [4.69, 9.17) is 4.74 Å². The van der Waals surface area contributed by atoms with E-state index in [1.54, 1.807) is 30.3 Å². The molecule has 0 fully saturated rings. The van der Waals surface area contributed by atoms with Crippen molar-refractivity contribution in [3.8, 4) is 5.75 Å². The van der Waals surface area contributed by atoms with E-state index in [0.717, 1.165) is 4.47 Å². The van der Waals surface area contributed by atoms with Crippen molar-refractivity contribution in [3.63, 3.8) is 0 Å². The van der Waals surface area contributed by atoms with Gasteiger partial charge in [0.2, 0.25) is 0 Å². The molecule has 0 bridgehead atoms. The van der Waals surface area contributed by atoms with Crippen LogP contribution < -0.4 is 15.6 Å². The molecule has 2 aromatic rings. The van der Waals surface area contributed by atoms with E-state index in [1.165, 1.54) is 19.2 Å². The Morgan fingerprint density at radius 1 is 1.17 bits per heavy atom. The topological polar surface area (TPSA) is 93.5 Å².